The van der Waals surface area contributed by atoms with Gasteiger partial charge in [-0.15, -0.1) is 11.6 Å². The van der Waals surface area contributed by atoms with Gasteiger partial charge in [0.25, 0.3) is 0 Å². The van der Waals surface area contributed by atoms with Crippen LogP contribution in [0.3, 0.4) is 0 Å². The summed E-state index contributed by atoms with van der Waals surface area (Å²) >= 11 is 5.58. The Bertz CT molecular complexity index is 378. The van der Waals surface area contributed by atoms with Crippen molar-refractivity contribution in [3.8, 4) is 0 Å². The minimum atomic E-state index is -0.473. The number of halogens is 1. The van der Waals surface area contributed by atoms with Crippen LogP contribution in [0.25, 0.3) is 0 Å². The lowest BCUT2D eigenvalue weighted by Crippen LogP contribution is -2.21. The van der Waals surface area contributed by atoms with Crippen LogP contribution < -0.4 is 5.32 Å². The Hall–Kier alpha value is -0.730. The Morgan fingerprint density at radius 3 is 3.00 bits per heavy atom. The predicted molar refractivity (Wildman–Crippen MR) is 68.4 cm³/mol. The summed E-state index contributed by atoms with van der Waals surface area (Å²) < 4.78 is 0. The Morgan fingerprint density at radius 2 is 2.25 bits per heavy atom. The molecule has 1 aliphatic rings. The molecule has 0 aromatic heterocycles. The summed E-state index contributed by atoms with van der Waals surface area (Å²) in [4.78, 5) is 0. The van der Waals surface area contributed by atoms with Crippen LogP contribution in [0.4, 0.5) is 5.69 Å². The number of hydrogen-bond donors (Lipinski definition) is 2. The molecule has 1 unspecified atom stereocenters. The number of alkyl halides is 1. The second-order valence-corrected chi connectivity index (χ2v) is 4.80. The van der Waals surface area contributed by atoms with Gasteiger partial charge < -0.3 is 10.4 Å². The molecule has 1 aliphatic carbocycles. The Labute approximate surface area is 102 Å². The number of aliphatic hydroxyl groups excluding tert-OH is 1. The van der Waals surface area contributed by atoms with E-state index in [-0.39, 0.29) is 5.88 Å². The van der Waals surface area contributed by atoms with Crippen LogP contribution in [0.1, 0.15) is 23.1 Å². The highest BCUT2D eigenvalue weighted by molar-refractivity contribution is 6.18. The quantitative estimate of drug-likeness (QED) is 0.792. The summed E-state index contributed by atoms with van der Waals surface area (Å²) in [7, 11) is 0. The van der Waals surface area contributed by atoms with Gasteiger partial charge in [0.2, 0.25) is 0 Å². The molecule has 88 valence electrons. The van der Waals surface area contributed by atoms with E-state index in [0.717, 1.165) is 6.42 Å². The molecule has 0 saturated carbocycles. The highest BCUT2D eigenvalue weighted by atomic mass is 35.5. The Morgan fingerprint density at radius 1 is 1.44 bits per heavy atom. The van der Waals surface area contributed by atoms with Crippen molar-refractivity contribution < 1.29 is 5.11 Å². The number of benzene rings is 1. The normalized spacial score (nSPS) is 15.9. The molecule has 16 heavy (non-hydrogen) atoms. The third-order valence-corrected chi connectivity index (χ3v) is 3.42. The van der Waals surface area contributed by atoms with Gasteiger partial charge in [0.05, 0.1) is 12.0 Å². The standard InChI is InChI=1S/C13H18ClNO/c1-9-5-10-3-2-4-12(10)13(6-9)15-8-11(16)7-14/h5-6,11,15-16H,2-4,7-8H2,1H3. The van der Waals surface area contributed by atoms with Gasteiger partial charge in [-0.2, -0.15) is 0 Å². The van der Waals surface area contributed by atoms with E-state index in [1.165, 1.54) is 35.2 Å². The Kier molecular flexibility index (Phi) is 3.72. The van der Waals surface area contributed by atoms with Crippen LogP contribution in [-0.4, -0.2) is 23.6 Å². The summed E-state index contributed by atoms with van der Waals surface area (Å²) in [5.74, 6) is 0.279. The maximum Gasteiger partial charge on any atom is 0.0847 e. The molecule has 1 aromatic carbocycles. The van der Waals surface area contributed by atoms with Crippen molar-refractivity contribution in [3.63, 3.8) is 0 Å². The van der Waals surface area contributed by atoms with Crippen molar-refractivity contribution >= 4 is 17.3 Å². The SMILES string of the molecule is Cc1cc2c(c(NCC(O)CCl)c1)CCC2. The van der Waals surface area contributed by atoms with Crippen molar-refractivity contribution in [2.75, 3.05) is 17.7 Å². The van der Waals surface area contributed by atoms with Crippen molar-refractivity contribution in [2.45, 2.75) is 32.3 Å². The van der Waals surface area contributed by atoms with Gasteiger partial charge in [0.1, 0.15) is 0 Å². The molecule has 2 rings (SSSR count). The largest absolute Gasteiger partial charge is 0.390 e. The first-order chi connectivity index (χ1) is 7.70. The van der Waals surface area contributed by atoms with Crippen molar-refractivity contribution in [1.29, 1.82) is 0 Å². The van der Waals surface area contributed by atoms with Crippen molar-refractivity contribution in [2.24, 2.45) is 0 Å². The first-order valence-electron chi connectivity index (χ1n) is 5.81. The van der Waals surface area contributed by atoms with Crippen molar-refractivity contribution in [3.05, 3.63) is 28.8 Å². The molecule has 3 heteroatoms. The van der Waals surface area contributed by atoms with Crippen LogP contribution in [-0.2, 0) is 12.8 Å². The lowest BCUT2D eigenvalue weighted by atomic mass is 10.0. The number of anilines is 1. The van der Waals surface area contributed by atoms with E-state index in [2.05, 4.69) is 24.4 Å². The first-order valence-corrected chi connectivity index (χ1v) is 6.34. The zero-order valence-corrected chi connectivity index (χ0v) is 10.3. The van der Waals surface area contributed by atoms with E-state index >= 15 is 0 Å². The zero-order chi connectivity index (χ0) is 11.5. The highest BCUT2D eigenvalue weighted by Gasteiger charge is 2.15. The number of aryl methyl sites for hydroxylation is 2. The van der Waals surface area contributed by atoms with E-state index in [1.54, 1.807) is 0 Å². The molecule has 0 fully saturated rings. The average Bonchev–Trinajstić information content (AvgIpc) is 2.73. The van der Waals surface area contributed by atoms with E-state index in [4.69, 9.17) is 11.6 Å². The fourth-order valence-electron chi connectivity index (χ4n) is 2.31. The number of aliphatic hydroxyl groups is 1. The lowest BCUT2D eigenvalue weighted by molar-refractivity contribution is 0.211. The minimum Gasteiger partial charge on any atom is -0.390 e. The molecule has 0 bridgehead atoms. The second-order valence-electron chi connectivity index (χ2n) is 4.49. The molecule has 0 amide bonds. The molecule has 0 spiro atoms. The van der Waals surface area contributed by atoms with Crippen LogP contribution in [0.2, 0.25) is 0 Å². The van der Waals surface area contributed by atoms with E-state index in [9.17, 15) is 5.11 Å². The molecule has 2 nitrogen and oxygen atoms in total. The molecule has 0 radical (unpaired) electrons. The van der Waals surface area contributed by atoms with Gasteiger partial charge in [-0.3, -0.25) is 0 Å². The number of nitrogens with one attached hydrogen (secondary N) is 1. The van der Waals surface area contributed by atoms with Gasteiger partial charge in [-0.25, -0.2) is 0 Å². The fraction of sp³-hybridized carbons (Fsp3) is 0.538. The summed E-state index contributed by atoms with van der Waals surface area (Å²) in [6, 6.07) is 4.43. The average molecular weight is 240 g/mol. The van der Waals surface area contributed by atoms with Crippen LogP contribution in [0, 0.1) is 6.92 Å². The third kappa shape index (κ3) is 2.50. The topological polar surface area (TPSA) is 32.3 Å². The molecule has 2 N–H and O–H groups in total. The molecular formula is C13H18ClNO. The molecule has 0 heterocycles. The fourth-order valence-corrected chi connectivity index (χ4v) is 2.41. The zero-order valence-electron chi connectivity index (χ0n) is 9.59. The van der Waals surface area contributed by atoms with Gasteiger partial charge >= 0.3 is 0 Å². The monoisotopic (exact) mass is 239 g/mol. The molecule has 1 atom stereocenters. The molecular weight excluding hydrogens is 222 g/mol. The maximum atomic E-state index is 9.44. The first kappa shape index (κ1) is 11.7. The Balaban J connectivity index is 2.14. The molecule has 0 saturated heterocycles. The highest BCUT2D eigenvalue weighted by Crippen LogP contribution is 2.30. The number of rotatable bonds is 4. The smallest absolute Gasteiger partial charge is 0.0847 e. The van der Waals surface area contributed by atoms with Crippen molar-refractivity contribution in [1.82, 2.24) is 0 Å². The van der Waals surface area contributed by atoms with E-state index in [1.807, 2.05) is 0 Å². The summed E-state index contributed by atoms with van der Waals surface area (Å²) in [6.45, 7) is 2.64. The summed E-state index contributed by atoms with van der Waals surface area (Å²) in [6.07, 6.45) is 3.10. The second kappa shape index (κ2) is 5.07. The molecule has 0 aliphatic heterocycles. The van der Waals surface area contributed by atoms with Gasteiger partial charge in [-0.05, 0) is 48.9 Å². The van der Waals surface area contributed by atoms with Gasteiger partial charge in [-0.1, -0.05) is 6.07 Å². The predicted octanol–water partition coefficient (Wildman–Crippen LogP) is 2.50. The number of hydrogen-bond acceptors (Lipinski definition) is 2. The van der Waals surface area contributed by atoms with E-state index in [0.29, 0.717) is 6.54 Å². The molecule has 1 aromatic rings. The van der Waals surface area contributed by atoms with E-state index < -0.39 is 6.10 Å². The summed E-state index contributed by atoms with van der Waals surface area (Å²) in [5.41, 5.74) is 5.34. The minimum absolute atomic E-state index is 0.279. The third-order valence-electron chi connectivity index (χ3n) is 3.07. The van der Waals surface area contributed by atoms with Crippen LogP contribution in [0.5, 0.6) is 0 Å². The van der Waals surface area contributed by atoms with Crippen LogP contribution in [0.15, 0.2) is 12.1 Å². The lowest BCUT2D eigenvalue weighted by Gasteiger charge is -2.14. The van der Waals surface area contributed by atoms with Gasteiger partial charge in [0.15, 0.2) is 0 Å². The maximum absolute atomic E-state index is 9.44. The number of fused-ring (bicyclic) bond motifs is 1. The van der Waals surface area contributed by atoms with Crippen LogP contribution >= 0.6 is 11.6 Å². The van der Waals surface area contributed by atoms with Gasteiger partial charge in [0, 0.05) is 12.2 Å². The summed E-state index contributed by atoms with van der Waals surface area (Å²) in [5, 5.41) is 12.7.